The van der Waals surface area contributed by atoms with Gasteiger partial charge >= 0.3 is 0 Å². The third-order valence-electron chi connectivity index (χ3n) is 3.59. The molecular weight excluding hydrogens is 426 g/mol. The van der Waals surface area contributed by atoms with E-state index in [9.17, 15) is 12.8 Å². The summed E-state index contributed by atoms with van der Waals surface area (Å²) in [5.74, 6) is -0.688. The molecule has 2 atom stereocenters. The SMILES string of the molecule is CC1C=CC=CC1(I)S(=O)(=O)CCc1ccc(Cl)cc1F. The fourth-order valence-electron chi connectivity index (χ4n) is 2.21. The van der Waals surface area contributed by atoms with Gasteiger partial charge in [0, 0.05) is 10.9 Å². The Bertz CT molecular complexity index is 700. The molecule has 6 heteroatoms. The number of alkyl halides is 1. The van der Waals surface area contributed by atoms with Crippen LogP contribution in [0.3, 0.4) is 0 Å². The Balaban J connectivity index is 2.18. The molecule has 1 aliphatic carbocycles. The zero-order valence-corrected chi connectivity index (χ0v) is 15.1. The minimum atomic E-state index is -3.41. The van der Waals surface area contributed by atoms with Crippen LogP contribution in [0, 0.1) is 11.7 Å². The Morgan fingerprint density at radius 3 is 2.71 bits per heavy atom. The van der Waals surface area contributed by atoms with Gasteiger partial charge in [-0.05, 0) is 24.1 Å². The first-order chi connectivity index (χ1) is 9.76. The molecule has 0 bridgehead atoms. The molecule has 1 aromatic rings. The van der Waals surface area contributed by atoms with Crippen molar-refractivity contribution >= 4 is 44.0 Å². The monoisotopic (exact) mass is 440 g/mol. The van der Waals surface area contributed by atoms with E-state index in [2.05, 4.69) is 0 Å². The smallest absolute Gasteiger partial charge is 0.169 e. The lowest BCUT2D eigenvalue weighted by molar-refractivity contribution is 0.565. The highest BCUT2D eigenvalue weighted by atomic mass is 127. The summed E-state index contributed by atoms with van der Waals surface area (Å²) in [6.07, 6.45) is 7.29. The Morgan fingerprint density at radius 1 is 1.38 bits per heavy atom. The zero-order chi connectivity index (χ0) is 15.7. The molecule has 2 nitrogen and oxygen atoms in total. The zero-order valence-electron chi connectivity index (χ0n) is 11.4. The molecule has 0 amide bonds. The van der Waals surface area contributed by atoms with Crippen LogP contribution in [0.15, 0.2) is 42.5 Å². The van der Waals surface area contributed by atoms with Crippen molar-refractivity contribution in [2.45, 2.75) is 16.1 Å². The molecule has 114 valence electrons. The summed E-state index contributed by atoms with van der Waals surface area (Å²) in [7, 11) is -3.41. The second-order valence-electron chi connectivity index (χ2n) is 5.04. The Hall–Kier alpha value is -0.400. The van der Waals surface area contributed by atoms with Gasteiger partial charge in [0.05, 0.1) is 5.75 Å². The van der Waals surface area contributed by atoms with Crippen LogP contribution in [-0.2, 0) is 16.3 Å². The van der Waals surface area contributed by atoms with Gasteiger partial charge in [0.15, 0.2) is 9.84 Å². The lowest BCUT2D eigenvalue weighted by atomic mass is 10.0. The van der Waals surface area contributed by atoms with E-state index in [1.165, 1.54) is 12.1 Å². The summed E-state index contributed by atoms with van der Waals surface area (Å²) in [4.78, 5) is 0. The van der Waals surface area contributed by atoms with Crippen LogP contribution in [0.4, 0.5) is 4.39 Å². The van der Waals surface area contributed by atoms with Crippen molar-refractivity contribution in [3.05, 3.63) is 58.9 Å². The predicted octanol–water partition coefficient (Wildman–Crippen LogP) is 4.33. The van der Waals surface area contributed by atoms with E-state index in [-0.39, 0.29) is 18.1 Å². The molecule has 1 aromatic carbocycles. The molecule has 0 saturated heterocycles. The number of sulfone groups is 1. The van der Waals surface area contributed by atoms with E-state index in [1.54, 1.807) is 18.2 Å². The molecule has 1 aliphatic rings. The molecule has 0 spiro atoms. The number of hydrogen-bond donors (Lipinski definition) is 0. The Morgan fingerprint density at radius 2 is 2.10 bits per heavy atom. The second-order valence-corrected chi connectivity index (χ2v) is 10.3. The average Bonchev–Trinajstić information content (AvgIpc) is 2.41. The highest BCUT2D eigenvalue weighted by molar-refractivity contribution is 14.1. The molecule has 0 saturated carbocycles. The highest BCUT2D eigenvalue weighted by Crippen LogP contribution is 2.39. The molecule has 2 rings (SSSR count). The van der Waals surface area contributed by atoms with Crippen molar-refractivity contribution in [3.8, 4) is 0 Å². The topological polar surface area (TPSA) is 34.1 Å². The molecule has 21 heavy (non-hydrogen) atoms. The number of halogens is 3. The summed E-state index contributed by atoms with van der Waals surface area (Å²) in [5, 5.41) is 0.304. The molecule has 0 aromatic heterocycles. The minimum absolute atomic E-state index is 0.100. The van der Waals surface area contributed by atoms with E-state index in [1.807, 2.05) is 41.7 Å². The molecule has 0 radical (unpaired) electrons. The molecular formula is C15H15ClFIO2S. The number of benzene rings is 1. The first-order valence-electron chi connectivity index (χ1n) is 6.47. The predicted molar refractivity (Wildman–Crippen MR) is 93.1 cm³/mol. The lowest BCUT2D eigenvalue weighted by Crippen LogP contribution is -2.39. The Labute approximate surface area is 143 Å². The van der Waals surface area contributed by atoms with Crippen LogP contribution in [-0.4, -0.2) is 16.9 Å². The maximum Gasteiger partial charge on any atom is 0.169 e. The number of hydrogen-bond acceptors (Lipinski definition) is 2. The summed E-state index contributed by atoms with van der Waals surface area (Å²) < 4.78 is 38.0. The summed E-state index contributed by atoms with van der Waals surface area (Å²) in [6, 6.07) is 4.31. The van der Waals surface area contributed by atoms with Gasteiger partial charge in [0.25, 0.3) is 0 Å². The lowest BCUT2D eigenvalue weighted by Gasteiger charge is -2.30. The highest BCUT2D eigenvalue weighted by Gasteiger charge is 2.43. The normalized spacial score (nSPS) is 25.2. The Kier molecular flexibility index (Phi) is 5.15. The minimum Gasteiger partial charge on any atom is -0.227 e. The van der Waals surface area contributed by atoms with E-state index < -0.39 is 18.4 Å². The maximum absolute atomic E-state index is 13.7. The van der Waals surface area contributed by atoms with Gasteiger partial charge in [-0.1, -0.05) is 71.5 Å². The van der Waals surface area contributed by atoms with Gasteiger partial charge in [-0.2, -0.15) is 0 Å². The summed E-state index contributed by atoms with van der Waals surface area (Å²) >= 11 is 7.67. The van der Waals surface area contributed by atoms with Crippen LogP contribution in [0.2, 0.25) is 5.02 Å². The van der Waals surface area contributed by atoms with E-state index in [0.717, 1.165) is 0 Å². The van der Waals surface area contributed by atoms with Crippen LogP contribution in [0.5, 0.6) is 0 Å². The van der Waals surface area contributed by atoms with Gasteiger partial charge in [-0.25, -0.2) is 12.8 Å². The first-order valence-corrected chi connectivity index (χ1v) is 9.58. The molecule has 0 heterocycles. The molecule has 0 fully saturated rings. The van der Waals surface area contributed by atoms with Crippen molar-refractivity contribution in [2.75, 3.05) is 5.75 Å². The van der Waals surface area contributed by atoms with Crippen LogP contribution >= 0.6 is 34.2 Å². The number of aryl methyl sites for hydroxylation is 1. The number of rotatable bonds is 4. The quantitative estimate of drug-likeness (QED) is 0.516. The van der Waals surface area contributed by atoms with Gasteiger partial charge < -0.3 is 0 Å². The van der Waals surface area contributed by atoms with E-state index >= 15 is 0 Å². The maximum atomic E-state index is 13.7. The number of allylic oxidation sites excluding steroid dienone is 3. The van der Waals surface area contributed by atoms with Crippen LogP contribution < -0.4 is 0 Å². The summed E-state index contributed by atoms with van der Waals surface area (Å²) in [5.41, 5.74) is 0.367. The average molecular weight is 441 g/mol. The van der Waals surface area contributed by atoms with Gasteiger partial charge in [-0.15, -0.1) is 0 Å². The largest absolute Gasteiger partial charge is 0.227 e. The van der Waals surface area contributed by atoms with Crippen molar-refractivity contribution in [2.24, 2.45) is 5.92 Å². The van der Waals surface area contributed by atoms with Crippen molar-refractivity contribution in [3.63, 3.8) is 0 Å². The van der Waals surface area contributed by atoms with Crippen molar-refractivity contribution < 1.29 is 12.8 Å². The third-order valence-corrected chi connectivity index (χ3v) is 9.38. The van der Waals surface area contributed by atoms with Crippen LogP contribution in [0.1, 0.15) is 12.5 Å². The van der Waals surface area contributed by atoms with Gasteiger partial charge in [-0.3, -0.25) is 0 Å². The third kappa shape index (κ3) is 3.51. The second kappa shape index (κ2) is 6.38. The summed E-state index contributed by atoms with van der Waals surface area (Å²) in [6.45, 7) is 1.87. The standard InChI is InChI=1S/C15H15ClFIO2S/c1-11-4-2-3-8-15(11,18)21(19,20)9-7-12-5-6-13(16)10-14(12)17/h2-6,8,10-11H,7,9H2,1H3. The molecule has 0 aliphatic heterocycles. The van der Waals surface area contributed by atoms with Crippen LogP contribution in [0.25, 0.3) is 0 Å². The fraction of sp³-hybridized carbons (Fsp3) is 0.333. The molecule has 0 N–H and O–H groups in total. The van der Waals surface area contributed by atoms with Crippen molar-refractivity contribution in [1.29, 1.82) is 0 Å². The first kappa shape index (κ1) is 17.0. The fourth-order valence-corrected chi connectivity index (χ4v) is 5.18. The van der Waals surface area contributed by atoms with Gasteiger partial charge in [0.2, 0.25) is 0 Å². The van der Waals surface area contributed by atoms with E-state index in [4.69, 9.17) is 11.6 Å². The van der Waals surface area contributed by atoms with Gasteiger partial charge in [0.1, 0.15) is 8.57 Å². The molecule has 2 unspecified atom stereocenters. The van der Waals surface area contributed by atoms with E-state index in [0.29, 0.717) is 10.6 Å². The van der Waals surface area contributed by atoms with Crippen molar-refractivity contribution in [1.82, 2.24) is 0 Å².